The van der Waals surface area contributed by atoms with E-state index >= 15 is 0 Å². The van der Waals surface area contributed by atoms with Gasteiger partial charge in [0.15, 0.2) is 5.79 Å². The quantitative estimate of drug-likeness (QED) is 0.563. The molecular formula is C18H33FN2O6. The van der Waals surface area contributed by atoms with Crippen LogP contribution in [0.15, 0.2) is 21.9 Å². The highest BCUT2D eigenvalue weighted by atomic mass is 19.1. The third kappa shape index (κ3) is 8.34. The number of alkyl halides is 1. The second kappa shape index (κ2) is 12.8. The molecule has 158 valence electrons. The summed E-state index contributed by atoms with van der Waals surface area (Å²) in [5.74, 6) is -1.18. The van der Waals surface area contributed by atoms with Crippen molar-refractivity contribution in [1.29, 1.82) is 0 Å². The Bertz CT molecular complexity index is 623. The highest BCUT2D eigenvalue weighted by Gasteiger charge is 2.33. The van der Waals surface area contributed by atoms with Gasteiger partial charge in [0.25, 0.3) is 5.56 Å². The van der Waals surface area contributed by atoms with Gasteiger partial charge in [-0.25, -0.2) is 4.79 Å². The average Bonchev–Trinajstić information content (AvgIpc) is 3.24. The van der Waals surface area contributed by atoms with Crippen LogP contribution in [0.25, 0.3) is 0 Å². The number of rotatable bonds is 2. The number of nitrogens with zero attached hydrogens (tertiary/aromatic N) is 1. The monoisotopic (exact) mass is 392 g/mol. The van der Waals surface area contributed by atoms with Crippen LogP contribution in [0, 0.1) is 5.92 Å². The zero-order valence-corrected chi connectivity index (χ0v) is 16.5. The minimum Gasteiger partial charge on any atom is -0.394 e. The molecule has 0 aromatic carbocycles. The molecule has 9 heteroatoms. The molecule has 4 N–H and O–H groups in total. The van der Waals surface area contributed by atoms with E-state index in [0.717, 1.165) is 12.8 Å². The summed E-state index contributed by atoms with van der Waals surface area (Å²) in [6.07, 6.45) is 4.52. The summed E-state index contributed by atoms with van der Waals surface area (Å²) < 4.78 is 16.4. The zero-order chi connectivity index (χ0) is 21.0. The molecule has 1 saturated carbocycles. The summed E-state index contributed by atoms with van der Waals surface area (Å²) in [5.41, 5.74) is -0.909. The number of aliphatic hydroxyl groups is 3. The topological polar surface area (TPSA) is 125 Å². The molecule has 0 spiro atoms. The third-order valence-corrected chi connectivity index (χ3v) is 4.19. The largest absolute Gasteiger partial charge is 0.394 e. The van der Waals surface area contributed by atoms with Crippen LogP contribution in [0.5, 0.6) is 0 Å². The van der Waals surface area contributed by atoms with Gasteiger partial charge in [-0.15, -0.1) is 0 Å². The lowest BCUT2D eigenvalue weighted by Gasteiger charge is -2.17. The molecule has 2 aliphatic rings. The fraction of sp³-hybridized carbons (Fsp3) is 0.778. The van der Waals surface area contributed by atoms with Crippen molar-refractivity contribution >= 4 is 0 Å². The van der Waals surface area contributed by atoms with Gasteiger partial charge in [-0.2, -0.15) is 0 Å². The van der Waals surface area contributed by atoms with E-state index < -0.39 is 23.3 Å². The van der Waals surface area contributed by atoms with E-state index in [-0.39, 0.29) is 18.6 Å². The van der Waals surface area contributed by atoms with E-state index in [1.165, 1.54) is 16.8 Å². The highest BCUT2D eigenvalue weighted by Crippen LogP contribution is 2.32. The van der Waals surface area contributed by atoms with Crippen molar-refractivity contribution in [2.75, 3.05) is 13.8 Å². The van der Waals surface area contributed by atoms with Crippen molar-refractivity contribution in [2.24, 2.45) is 5.92 Å². The number of halogens is 1. The van der Waals surface area contributed by atoms with Crippen molar-refractivity contribution < 1.29 is 24.4 Å². The second-order valence-electron chi connectivity index (χ2n) is 6.25. The van der Waals surface area contributed by atoms with E-state index in [1.54, 1.807) is 0 Å². The van der Waals surface area contributed by atoms with Gasteiger partial charge in [0, 0.05) is 31.0 Å². The molecule has 1 aromatic rings. The molecule has 1 saturated heterocycles. The van der Waals surface area contributed by atoms with Crippen LogP contribution in [0.2, 0.25) is 0 Å². The molecule has 3 atom stereocenters. The zero-order valence-electron chi connectivity index (χ0n) is 16.5. The first-order valence-electron chi connectivity index (χ1n) is 9.23. The Hall–Kier alpha value is -1.55. The van der Waals surface area contributed by atoms with Crippen molar-refractivity contribution in [1.82, 2.24) is 9.55 Å². The van der Waals surface area contributed by atoms with Crippen molar-refractivity contribution in [2.45, 2.75) is 71.0 Å². The molecule has 1 aromatic heterocycles. The Morgan fingerprint density at radius 3 is 2.19 bits per heavy atom. The van der Waals surface area contributed by atoms with Gasteiger partial charge < -0.3 is 20.1 Å². The normalized spacial score (nSPS) is 25.3. The maximum absolute atomic E-state index is 11.5. The lowest BCUT2D eigenvalue weighted by molar-refractivity contribution is -0.152. The number of aliphatic hydroxyl groups excluding tert-OH is 1. The van der Waals surface area contributed by atoms with Crippen LogP contribution in [0.1, 0.15) is 59.1 Å². The van der Waals surface area contributed by atoms with Crippen LogP contribution < -0.4 is 11.2 Å². The van der Waals surface area contributed by atoms with Crippen molar-refractivity contribution in [3.05, 3.63) is 33.1 Å². The van der Waals surface area contributed by atoms with Gasteiger partial charge in [-0.05, 0) is 19.3 Å². The van der Waals surface area contributed by atoms with Crippen molar-refractivity contribution in [3.8, 4) is 0 Å². The fourth-order valence-electron chi connectivity index (χ4n) is 2.94. The number of nitrogens with one attached hydrogen (secondary N) is 1. The summed E-state index contributed by atoms with van der Waals surface area (Å²) in [7, 11) is 0.500. The van der Waals surface area contributed by atoms with Gasteiger partial charge in [0.05, 0.1) is 19.9 Å². The summed E-state index contributed by atoms with van der Waals surface area (Å²) >= 11 is 0. The highest BCUT2D eigenvalue weighted by molar-refractivity contribution is 4.87. The molecule has 8 nitrogen and oxygen atoms in total. The van der Waals surface area contributed by atoms with E-state index in [4.69, 9.17) is 20.1 Å². The van der Waals surface area contributed by atoms with Crippen LogP contribution >= 0.6 is 0 Å². The molecule has 1 aliphatic heterocycles. The predicted octanol–water partition coefficient (Wildman–Crippen LogP) is 1.31. The Labute approximate surface area is 158 Å². The summed E-state index contributed by atoms with van der Waals surface area (Å²) in [6, 6.07) is 1.28. The van der Waals surface area contributed by atoms with E-state index in [9.17, 15) is 14.0 Å². The van der Waals surface area contributed by atoms with Crippen LogP contribution in [0.3, 0.4) is 0 Å². The van der Waals surface area contributed by atoms with Gasteiger partial charge in [0.1, 0.15) is 6.23 Å². The Morgan fingerprint density at radius 1 is 1.26 bits per heavy atom. The maximum atomic E-state index is 11.5. The third-order valence-electron chi connectivity index (χ3n) is 4.19. The minimum atomic E-state index is -1.31. The molecule has 0 radical (unpaired) electrons. The van der Waals surface area contributed by atoms with Gasteiger partial charge in [0.2, 0.25) is 0 Å². The summed E-state index contributed by atoms with van der Waals surface area (Å²) in [4.78, 5) is 24.6. The molecule has 1 aliphatic carbocycles. The average molecular weight is 392 g/mol. The molecule has 3 rings (SSSR count). The standard InChI is InChI=1S/C10H14N2O4.C5H10O2.C2H6.CH3F/c1-6-4-7(5-13)16-9(6)12-3-2-8(14)11-10(12)15;6-5(7)3-1-2-4-5;2*1-2/h2-3,6-7,9,13H,4-5H2,1H3,(H,11,14,15);6-7H,1-4H2;1-2H3;1H3. The second-order valence-corrected chi connectivity index (χ2v) is 6.25. The number of hydrogen-bond acceptors (Lipinski definition) is 6. The summed E-state index contributed by atoms with van der Waals surface area (Å²) in [5, 5.41) is 26.5. The lowest BCUT2D eigenvalue weighted by Crippen LogP contribution is -2.33. The Balaban J connectivity index is 0.000000514. The van der Waals surface area contributed by atoms with Gasteiger partial charge in [-0.1, -0.05) is 20.8 Å². The number of aromatic amines is 1. The molecule has 0 amide bonds. The number of hydrogen-bond donors (Lipinski definition) is 4. The fourth-order valence-corrected chi connectivity index (χ4v) is 2.94. The van der Waals surface area contributed by atoms with Crippen LogP contribution in [0.4, 0.5) is 4.39 Å². The molecule has 3 unspecified atom stereocenters. The molecule has 0 bridgehead atoms. The minimum absolute atomic E-state index is 0.0566. The summed E-state index contributed by atoms with van der Waals surface area (Å²) in [6.45, 7) is 5.89. The van der Waals surface area contributed by atoms with E-state index in [0.29, 0.717) is 26.4 Å². The van der Waals surface area contributed by atoms with Crippen LogP contribution in [-0.2, 0) is 4.74 Å². The van der Waals surface area contributed by atoms with Gasteiger partial charge >= 0.3 is 5.69 Å². The van der Waals surface area contributed by atoms with E-state index in [1.807, 2.05) is 20.8 Å². The first-order chi connectivity index (χ1) is 12.8. The Kier molecular flexibility index (Phi) is 12.0. The van der Waals surface area contributed by atoms with Crippen LogP contribution in [-0.4, -0.2) is 50.5 Å². The SMILES string of the molecule is CC.CC1CC(CO)OC1n1ccc(=O)[nH]c1=O.CF.OC1(O)CCCC1. The molecule has 27 heavy (non-hydrogen) atoms. The molecule has 2 heterocycles. The molecular weight excluding hydrogens is 359 g/mol. The first-order valence-corrected chi connectivity index (χ1v) is 9.23. The maximum Gasteiger partial charge on any atom is 0.330 e. The lowest BCUT2D eigenvalue weighted by atomic mass is 10.1. The first kappa shape index (κ1) is 25.4. The molecule has 2 fully saturated rings. The van der Waals surface area contributed by atoms with E-state index in [2.05, 4.69) is 4.98 Å². The number of aromatic nitrogens is 2. The Morgan fingerprint density at radius 2 is 1.81 bits per heavy atom. The number of ether oxygens (including phenoxy) is 1. The van der Waals surface area contributed by atoms with Crippen molar-refractivity contribution in [3.63, 3.8) is 0 Å². The van der Waals surface area contributed by atoms with Gasteiger partial charge in [-0.3, -0.25) is 18.7 Å². The number of H-pyrrole nitrogens is 1. The predicted molar refractivity (Wildman–Crippen MR) is 100 cm³/mol. The smallest absolute Gasteiger partial charge is 0.330 e.